The van der Waals surface area contributed by atoms with E-state index in [9.17, 15) is 14.7 Å². The van der Waals surface area contributed by atoms with Crippen LogP contribution in [0, 0.1) is 0 Å². The summed E-state index contributed by atoms with van der Waals surface area (Å²) in [5.74, 6) is 1.01. The van der Waals surface area contributed by atoms with Gasteiger partial charge in [-0.15, -0.1) is 0 Å². The number of carbonyl (C=O) groups is 2. The first kappa shape index (κ1) is 30.8. The van der Waals surface area contributed by atoms with Gasteiger partial charge in [0, 0.05) is 24.7 Å². The number of methoxy groups -OCH3 is 4. The number of carboxylic acids is 1. The predicted octanol–water partition coefficient (Wildman–Crippen LogP) is 6.49. The molecule has 0 saturated heterocycles. The molecule has 43 heavy (non-hydrogen) atoms. The van der Waals surface area contributed by atoms with Gasteiger partial charge in [0.2, 0.25) is 5.75 Å². The summed E-state index contributed by atoms with van der Waals surface area (Å²) in [4.78, 5) is 27.3. The Morgan fingerprint density at radius 1 is 0.698 bits per heavy atom. The van der Waals surface area contributed by atoms with Crippen molar-refractivity contribution in [1.82, 2.24) is 4.90 Å². The Balaban J connectivity index is 1.57. The monoisotopic (exact) mass is 585 g/mol. The van der Waals surface area contributed by atoms with Crippen LogP contribution in [0.5, 0.6) is 34.5 Å². The molecular formula is C34H35NO8. The fraction of sp³-hybridized carbons (Fsp3) is 0.235. The Bertz CT molecular complexity index is 1510. The van der Waals surface area contributed by atoms with Gasteiger partial charge in [-0.25, -0.2) is 4.79 Å². The Hall–Kier alpha value is -5.18. The van der Waals surface area contributed by atoms with Crippen molar-refractivity contribution in [3.63, 3.8) is 0 Å². The van der Waals surface area contributed by atoms with Gasteiger partial charge in [-0.2, -0.15) is 0 Å². The first-order chi connectivity index (χ1) is 20.9. The third kappa shape index (κ3) is 7.77. The molecule has 0 aliphatic carbocycles. The van der Waals surface area contributed by atoms with Crippen LogP contribution in [0.3, 0.4) is 0 Å². The molecule has 9 heteroatoms. The second-order valence-electron chi connectivity index (χ2n) is 9.64. The van der Waals surface area contributed by atoms with E-state index < -0.39 is 5.97 Å². The molecule has 4 rings (SSSR count). The number of nitrogens with zero attached hydrogens (tertiary/aromatic N) is 1. The number of rotatable bonds is 14. The Morgan fingerprint density at radius 2 is 1.35 bits per heavy atom. The molecule has 0 unspecified atom stereocenters. The van der Waals surface area contributed by atoms with Crippen LogP contribution in [0.1, 0.15) is 38.3 Å². The van der Waals surface area contributed by atoms with E-state index in [1.165, 1.54) is 46.1 Å². The lowest BCUT2D eigenvalue weighted by atomic mass is 10.1. The van der Waals surface area contributed by atoms with Gasteiger partial charge in [0.25, 0.3) is 5.91 Å². The second kappa shape index (κ2) is 14.6. The van der Waals surface area contributed by atoms with E-state index in [2.05, 4.69) is 12.1 Å². The molecule has 0 bridgehead atoms. The molecule has 4 aromatic rings. The molecule has 1 N–H and O–H groups in total. The first-order valence-electron chi connectivity index (χ1n) is 13.7. The number of amides is 1. The van der Waals surface area contributed by atoms with Gasteiger partial charge in [0.15, 0.2) is 11.5 Å². The number of hydrogen-bond donors (Lipinski definition) is 1. The normalized spacial score (nSPS) is 10.5. The zero-order chi connectivity index (χ0) is 30.8. The zero-order valence-electron chi connectivity index (χ0n) is 24.7. The minimum Gasteiger partial charge on any atom is -0.497 e. The van der Waals surface area contributed by atoms with Gasteiger partial charge < -0.3 is 33.7 Å². The fourth-order valence-corrected chi connectivity index (χ4v) is 4.66. The summed E-state index contributed by atoms with van der Waals surface area (Å²) in [6, 6.07) is 25.2. The maximum Gasteiger partial charge on any atom is 0.339 e. The van der Waals surface area contributed by atoms with Crippen molar-refractivity contribution in [1.29, 1.82) is 0 Å². The SMILES string of the molecule is COc1ccc(C(=O)O)c(Oc2ccc(CN(CCCc3ccccc3)C(=O)c3cc(OC)c(OC)c(OC)c3)cc2)c1. The number of hydrogen-bond acceptors (Lipinski definition) is 7. The van der Waals surface area contributed by atoms with Gasteiger partial charge in [0.1, 0.15) is 22.8 Å². The van der Waals surface area contributed by atoms with E-state index in [0.29, 0.717) is 47.4 Å². The molecule has 1 amide bonds. The number of aryl methyl sites for hydroxylation is 1. The van der Waals surface area contributed by atoms with E-state index in [-0.39, 0.29) is 17.2 Å². The van der Waals surface area contributed by atoms with Crippen molar-refractivity contribution in [2.24, 2.45) is 0 Å². The van der Waals surface area contributed by atoms with Gasteiger partial charge in [-0.1, -0.05) is 42.5 Å². The lowest BCUT2D eigenvalue weighted by Crippen LogP contribution is -2.32. The highest BCUT2D eigenvalue weighted by molar-refractivity contribution is 5.95. The molecule has 0 aliphatic heterocycles. The summed E-state index contributed by atoms with van der Waals surface area (Å²) >= 11 is 0. The molecule has 0 aliphatic rings. The Morgan fingerprint density at radius 3 is 1.93 bits per heavy atom. The second-order valence-corrected chi connectivity index (χ2v) is 9.64. The van der Waals surface area contributed by atoms with Crippen LogP contribution in [-0.4, -0.2) is 56.9 Å². The van der Waals surface area contributed by atoms with Crippen LogP contribution in [0.25, 0.3) is 0 Å². The van der Waals surface area contributed by atoms with Crippen molar-refractivity contribution in [2.75, 3.05) is 35.0 Å². The topological polar surface area (TPSA) is 104 Å². The number of carboxylic acid groups (broad SMARTS) is 1. The minimum absolute atomic E-state index is 0.0189. The standard InChI is InChI=1S/C34H35NO8/c1-39-27-16-17-28(34(37)38)29(21-27)43-26-14-12-24(13-15-26)22-35(18-8-11-23-9-6-5-7-10-23)33(36)25-19-30(40-2)32(42-4)31(20-25)41-3/h5-7,9-10,12-17,19-21H,8,11,18,22H2,1-4H3,(H,37,38). The third-order valence-electron chi connectivity index (χ3n) is 6.88. The van der Waals surface area contributed by atoms with Crippen LogP contribution in [0.2, 0.25) is 0 Å². The summed E-state index contributed by atoms with van der Waals surface area (Å²) in [6.07, 6.45) is 1.58. The molecule has 0 spiro atoms. The summed E-state index contributed by atoms with van der Waals surface area (Å²) in [5, 5.41) is 9.55. The average Bonchev–Trinajstić information content (AvgIpc) is 3.04. The van der Waals surface area contributed by atoms with Crippen LogP contribution < -0.4 is 23.7 Å². The molecule has 9 nitrogen and oxygen atoms in total. The summed E-state index contributed by atoms with van der Waals surface area (Å²) in [6.45, 7) is 0.846. The van der Waals surface area contributed by atoms with Crippen LogP contribution >= 0.6 is 0 Å². The molecule has 0 saturated carbocycles. The van der Waals surface area contributed by atoms with E-state index in [0.717, 1.165) is 18.4 Å². The smallest absolute Gasteiger partial charge is 0.339 e. The van der Waals surface area contributed by atoms with Crippen molar-refractivity contribution in [3.8, 4) is 34.5 Å². The number of ether oxygens (including phenoxy) is 5. The highest BCUT2D eigenvalue weighted by atomic mass is 16.5. The van der Waals surface area contributed by atoms with E-state index in [4.69, 9.17) is 23.7 Å². The van der Waals surface area contributed by atoms with E-state index >= 15 is 0 Å². The van der Waals surface area contributed by atoms with Crippen molar-refractivity contribution < 1.29 is 38.4 Å². The largest absolute Gasteiger partial charge is 0.497 e. The van der Waals surface area contributed by atoms with Crippen molar-refractivity contribution in [3.05, 3.63) is 107 Å². The van der Waals surface area contributed by atoms with Gasteiger partial charge in [0.05, 0.1) is 28.4 Å². The maximum atomic E-state index is 13.9. The molecule has 0 heterocycles. The van der Waals surface area contributed by atoms with Crippen LogP contribution in [0.4, 0.5) is 0 Å². The Kier molecular flexibility index (Phi) is 10.5. The first-order valence-corrected chi connectivity index (χ1v) is 13.7. The number of aromatic carboxylic acids is 1. The van der Waals surface area contributed by atoms with Gasteiger partial charge >= 0.3 is 5.97 Å². The fourth-order valence-electron chi connectivity index (χ4n) is 4.66. The zero-order valence-corrected chi connectivity index (χ0v) is 24.7. The minimum atomic E-state index is -1.11. The molecule has 0 atom stereocenters. The van der Waals surface area contributed by atoms with Crippen molar-refractivity contribution >= 4 is 11.9 Å². The van der Waals surface area contributed by atoms with E-state index in [1.54, 1.807) is 35.2 Å². The number of carbonyl (C=O) groups excluding carboxylic acids is 1. The maximum absolute atomic E-state index is 13.9. The van der Waals surface area contributed by atoms with Crippen LogP contribution in [0.15, 0.2) is 84.9 Å². The van der Waals surface area contributed by atoms with Gasteiger partial charge in [-0.3, -0.25) is 4.79 Å². The summed E-state index contributed by atoms with van der Waals surface area (Å²) in [5.41, 5.74) is 2.50. The third-order valence-corrected chi connectivity index (χ3v) is 6.88. The summed E-state index contributed by atoms with van der Waals surface area (Å²) < 4.78 is 27.5. The van der Waals surface area contributed by atoms with E-state index in [1.807, 2.05) is 30.3 Å². The Labute approximate surface area is 251 Å². The molecule has 0 radical (unpaired) electrons. The molecule has 0 fully saturated rings. The quantitative estimate of drug-likeness (QED) is 0.179. The molecule has 224 valence electrons. The van der Waals surface area contributed by atoms with Crippen LogP contribution in [-0.2, 0) is 13.0 Å². The lowest BCUT2D eigenvalue weighted by Gasteiger charge is -2.24. The summed E-state index contributed by atoms with van der Waals surface area (Å²) in [7, 11) is 6.04. The van der Waals surface area contributed by atoms with Gasteiger partial charge in [-0.05, 0) is 60.4 Å². The molecular weight excluding hydrogens is 550 g/mol. The number of benzene rings is 4. The molecule has 0 aromatic heterocycles. The lowest BCUT2D eigenvalue weighted by molar-refractivity contribution is 0.0692. The predicted molar refractivity (Wildman–Crippen MR) is 162 cm³/mol. The molecule has 4 aromatic carbocycles. The van der Waals surface area contributed by atoms with Crippen molar-refractivity contribution in [2.45, 2.75) is 19.4 Å². The highest BCUT2D eigenvalue weighted by Crippen LogP contribution is 2.38. The highest BCUT2D eigenvalue weighted by Gasteiger charge is 2.22. The average molecular weight is 586 g/mol.